The number of esters is 1. The third-order valence-electron chi connectivity index (χ3n) is 12.8. The molecule has 0 aliphatic carbocycles. The molecule has 3 rings (SSSR count). The Hall–Kier alpha value is -7.96. The molecule has 25 nitrogen and oxygen atoms in total. The Morgan fingerprint density at radius 1 is 0.576 bits per heavy atom. The number of carbonyl (C=O) groups excluding carboxylic acids is 8. The molecule has 1 heterocycles. The number of nitrogens with two attached hydrogens (primary N) is 2. The number of benzene rings is 2. The van der Waals surface area contributed by atoms with Crippen molar-refractivity contribution in [1.29, 1.82) is 0 Å². The largest absolute Gasteiger partial charge is 0.480 e. The molecular weight excluding hydrogens is 1100 g/mol. The number of ether oxygens (including phenoxy) is 3. The number of carbonyl (C=O) groups is 9. The number of aromatic nitrogens is 1. The molecular formula is C60H94N12O13. The summed E-state index contributed by atoms with van der Waals surface area (Å²) in [6.45, 7) is 18.1. The summed E-state index contributed by atoms with van der Waals surface area (Å²) in [6.07, 6.45) is 1.75. The number of amides is 7. The van der Waals surface area contributed by atoms with Gasteiger partial charge in [0.25, 0.3) is 0 Å². The number of aliphatic imine (C=N–C) groups is 1. The van der Waals surface area contributed by atoms with E-state index in [-0.39, 0.29) is 95.4 Å². The fraction of sp³-hybridized carbons (Fsp3) is 0.600. The number of alkyl carbamates (subject to hydrolysis) is 2. The van der Waals surface area contributed by atoms with Gasteiger partial charge in [0.15, 0.2) is 5.96 Å². The molecule has 7 amide bonds. The Kier molecular flexibility index (Phi) is 30.2. The molecule has 1 aromatic heterocycles. The fourth-order valence-electron chi connectivity index (χ4n) is 8.85. The maximum Gasteiger partial charge on any atom is 0.408 e. The van der Waals surface area contributed by atoms with Crippen molar-refractivity contribution < 1.29 is 62.5 Å². The van der Waals surface area contributed by atoms with Crippen LogP contribution in [0.5, 0.6) is 0 Å². The first-order valence-corrected chi connectivity index (χ1v) is 29.2. The number of aromatic amines is 1. The van der Waals surface area contributed by atoms with Crippen LogP contribution in [-0.4, -0.2) is 143 Å². The average molecular weight is 1190 g/mol. The first-order chi connectivity index (χ1) is 40.0. The Labute approximate surface area is 499 Å². The highest BCUT2D eigenvalue weighted by Crippen LogP contribution is 2.20. The summed E-state index contributed by atoms with van der Waals surface area (Å²) < 4.78 is 16.2. The van der Waals surface area contributed by atoms with Crippen molar-refractivity contribution >= 4 is 70.5 Å². The summed E-state index contributed by atoms with van der Waals surface area (Å²) in [4.78, 5) is 130. The van der Waals surface area contributed by atoms with Crippen molar-refractivity contribution in [2.24, 2.45) is 28.3 Å². The van der Waals surface area contributed by atoms with E-state index in [2.05, 4.69) is 52.5 Å². The molecule has 0 fully saturated rings. The van der Waals surface area contributed by atoms with Crippen LogP contribution >= 0.6 is 0 Å². The first-order valence-electron chi connectivity index (χ1n) is 29.2. The number of H-pyrrole nitrogens is 1. The van der Waals surface area contributed by atoms with E-state index >= 15 is 0 Å². The Bertz CT molecular complexity index is 2660. The summed E-state index contributed by atoms with van der Waals surface area (Å²) in [5.41, 5.74) is 12.0. The number of guanidine groups is 1. The normalized spacial score (nSPS) is 13.6. The average Bonchev–Trinajstić information content (AvgIpc) is 3.92. The second-order valence-electron chi connectivity index (χ2n) is 23.9. The quantitative estimate of drug-likeness (QED) is 0.0126. The molecule has 0 saturated carbocycles. The van der Waals surface area contributed by atoms with E-state index in [4.69, 9.17) is 25.7 Å². The second kappa shape index (κ2) is 36.0. The number of rotatable bonds is 36. The molecule has 0 saturated heterocycles. The Balaban J connectivity index is 1.97. The van der Waals surface area contributed by atoms with Crippen molar-refractivity contribution in [2.75, 3.05) is 26.2 Å². The summed E-state index contributed by atoms with van der Waals surface area (Å²) in [6, 6.07) is 8.58. The SMILES string of the molecule is CC(C)CC(NC(=O)C(CCCCNCC(=O)OC(C)(C)C)NC(=O)C(CCCCNC(=O)OC(C)(C)C)NC(=O)C(CCCN=C(N)N)NC(=O)C(CC(C)C)NC(=O)C(Cc1c[nH]c2ccccc12)NC(=O)OCc1ccccc1)C(=O)O. The minimum atomic E-state index is -1.37. The number of para-hydroxylation sites is 1. The summed E-state index contributed by atoms with van der Waals surface area (Å²) in [5.74, 6) is -6.13. The summed E-state index contributed by atoms with van der Waals surface area (Å²) in [5, 5.41) is 32.9. The Morgan fingerprint density at radius 3 is 1.62 bits per heavy atom. The molecule has 25 heteroatoms. The highest BCUT2D eigenvalue weighted by Gasteiger charge is 2.34. The number of carboxylic acid groups (broad SMARTS) is 1. The van der Waals surface area contributed by atoms with E-state index in [1.165, 1.54) is 0 Å². The lowest BCUT2D eigenvalue weighted by Gasteiger charge is -2.28. The lowest BCUT2D eigenvalue weighted by molar-refractivity contribution is -0.153. The monoisotopic (exact) mass is 1190 g/mol. The first kappa shape index (κ1) is 71.3. The van der Waals surface area contributed by atoms with Crippen LogP contribution in [0.2, 0.25) is 0 Å². The van der Waals surface area contributed by atoms with Crippen molar-refractivity contribution in [1.82, 2.24) is 47.5 Å². The van der Waals surface area contributed by atoms with E-state index in [1.54, 1.807) is 85.9 Å². The van der Waals surface area contributed by atoms with Gasteiger partial charge in [0.2, 0.25) is 29.5 Å². The maximum absolute atomic E-state index is 14.7. The fourth-order valence-corrected chi connectivity index (χ4v) is 8.85. The Morgan fingerprint density at radius 2 is 1.07 bits per heavy atom. The van der Waals surface area contributed by atoms with E-state index in [9.17, 15) is 48.3 Å². The molecule has 85 heavy (non-hydrogen) atoms. The standard InChI is InChI=1S/C60H94N12O13/c1-37(2)31-46(70-54(78)47(33-40-34-66-42-24-15-14-23-41(40)42)72-58(82)83-36-39-21-12-11-13-22-39)53(77)69-45(27-20-30-64-56(61)62)51(75)67-43(26-17-19-29-65-57(81)85-60(8,9)10)50(74)68-44(52(76)71-48(55(79)80)32-38(3)4)25-16-18-28-63-35-49(73)84-59(5,6)7/h11-15,21-24,34,37-38,43-48,63,66H,16-20,25-33,35-36H2,1-10H3,(H,65,81)(H,67,75)(H,68,74)(H,69,77)(H,70,78)(H,71,76)(H,72,82)(H,79,80)(H4,61,62,64). The minimum absolute atomic E-state index is 0.00367. The zero-order valence-electron chi connectivity index (χ0n) is 51.2. The summed E-state index contributed by atoms with van der Waals surface area (Å²) >= 11 is 0. The number of aliphatic carboxylic acids is 1. The molecule has 6 unspecified atom stereocenters. The molecule has 0 radical (unpaired) electrons. The molecule has 0 aliphatic rings. The van der Waals surface area contributed by atoms with E-state index in [0.29, 0.717) is 31.4 Å². The van der Waals surface area contributed by atoms with Gasteiger partial charge in [0.1, 0.15) is 54.1 Å². The number of hydrogen-bond donors (Lipinski definition) is 12. The van der Waals surface area contributed by atoms with Crippen LogP contribution in [0.1, 0.15) is 145 Å². The van der Waals surface area contributed by atoms with Crippen molar-refractivity contribution in [3.8, 4) is 0 Å². The van der Waals surface area contributed by atoms with Crippen molar-refractivity contribution in [3.63, 3.8) is 0 Å². The molecule has 0 aliphatic heterocycles. The van der Waals surface area contributed by atoms with Gasteiger partial charge in [0, 0.05) is 36.6 Å². The van der Waals surface area contributed by atoms with Gasteiger partial charge in [-0.25, -0.2) is 14.4 Å². The third-order valence-corrected chi connectivity index (χ3v) is 12.8. The summed E-state index contributed by atoms with van der Waals surface area (Å²) in [7, 11) is 0. The van der Waals surface area contributed by atoms with Crippen molar-refractivity contribution in [3.05, 3.63) is 71.9 Å². The second-order valence-corrected chi connectivity index (χ2v) is 23.9. The van der Waals surface area contributed by atoms with Crippen LogP contribution < -0.4 is 54.0 Å². The predicted octanol–water partition coefficient (Wildman–Crippen LogP) is 4.46. The van der Waals surface area contributed by atoms with Crippen LogP contribution in [0.15, 0.2) is 65.8 Å². The predicted molar refractivity (Wildman–Crippen MR) is 322 cm³/mol. The van der Waals surface area contributed by atoms with E-state index in [0.717, 1.165) is 16.5 Å². The van der Waals surface area contributed by atoms with Crippen LogP contribution in [0.4, 0.5) is 9.59 Å². The van der Waals surface area contributed by atoms with E-state index < -0.39 is 101 Å². The van der Waals surface area contributed by atoms with Crippen LogP contribution in [0, 0.1) is 11.8 Å². The van der Waals surface area contributed by atoms with Gasteiger partial charge in [-0.05, 0) is 141 Å². The smallest absolute Gasteiger partial charge is 0.408 e. The molecule has 0 spiro atoms. The minimum Gasteiger partial charge on any atom is -0.480 e. The zero-order chi connectivity index (χ0) is 63.3. The highest BCUT2D eigenvalue weighted by atomic mass is 16.6. The third kappa shape index (κ3) is 29.4. The molecule has 6 atom stereocenters. The molecule has 0 bridgehead atoms. The maximum atomic E-state index is 14.7. The molecule has 14 N–H and O–H groups in total. The topological polar surface area (TPSA) is 378 Å². The lowest BCUT2D eigenvalue weighted by atomic mass is 10.00. The van der Waals surface area contributed by atoms with Gasteiger partial charge >= 0.3 is 24.1 Å². The lowest BCUT2D eigenvalue weighted by Crippen LogP contribution is -2.59. The number of fused-ring (bicyclic) bond motifs is 1. The van der Waals surface area contributed by atoms with Gasteiger partial charge in [0.05, 0.1) is 6.54 Å². The number of carboxylic acids is 1. The van der Waals surface area contributed by atoms with Gasteiger partial charge in [-0.3, -0.25) is 33.8 Å². The van der Waals surface area contributed by atoms with Gasteiger partial charge in [-0.15, -0.1) is 0 Å². The molecule has 3 aromatic rings. The van der Waals surface area contributed by atoms with Crippen LogP contribution in [-0.2, 0) is 60.8 Å². The van der Waals surface area contributed by atoms with Gasteiger partial charge in [-0.2, -0.15) is 0 Å². The number of nitrogens with one attached hydrogen (secondary N) is 9. The highest BCUT2D eigenvalue weighted by molar-refractivity contribution is 5.97. The molecule has 472 valence electrons. The van der Waals surface area contributed by atoms with Gasteiger partial charge < -0.3 is 78.3 Å². The van der Waals surface area contributed by atoms with Crippen LogP contribution in [0.3, 0.4) is 0 Å². The molecule has 2 aromatic carbocycles. The van der Waals surface area contributed by atoms with Gasteiger partial charge in [-0.1, -0.05) is 76.2 Å². The number of hydrogen-bond acceptors (Lipinski definition) is 14. The zero-order valence-corrected chi connectivity index (χ0v) is 51.2. The number of unbranched alkanes of at least 4 members (excludes halogenated alkanes) is 2. The van der Waals surface area contributed by atoms with Crippen LogP contribution in [0.25, 0.3) is 10.9 Å². The van der Waals surface area contributed by atoms with Crippen molar-refractivity contribution in [2.45, 2.75) is 194 Å². The number of nitrogens with zero attached hydrogens (tertiary/aromatic N) is 1. The van der Waals surface area contributed by atoms with E-state index in [1.807, 2.05) is 44.2 Å².